The van der Waals surface area contributed by atoms with E-state index < -0.39 is 6.03 Å². The molecule has 0 atom stereocenters. The Morgan fingerprint density at radius 1 is 1.22 bits per heavy atom. The lowest BCUT2D eigenvalue weighted by Gasteiger charge is -2.04. The van der Waals surface area contributed by atoms with Crippen LogP contribution in [0.25, 0.3) is 0 Å². The Morgan fingerprint density at radius 2 is 1.96 bits per heavy atom. The molecule has 1 aromatic carbocycles. The molecule has 122 valence electrons. The lowest BCUT2D eigenvalue weighted by molar-refractivity contribution is 0.0940. The van der Waals surface area contributed by atoms with Crippen LogP contribution in [-0.4, -0.2) is 37.2 Å². The maximum Gasteiger partial charge on any atom is 0.325 e. The van der Waals surface area contributed by atoms with E-state index in [-0.39, 0.29) is 5.91 Å². The molecule has 0 aliphatic rings. The first kappa shape index (κ1) is 16.9. The summed E-state index contributed by atoms with van der Waals surface area (Å²) in [6.45, 7) is 2.58. The van der Waals surface area contributed by atoms with Crippen molar-refractivity contribution in [2.75, 3.05) is 30.9 Å². The number of aryl methyl sites for hydroxylation is 1. The third-order valence-corrected chi connectivity index (χ3v) is 3.92. The summed E-state index contributed by atoms with van der Waals surface area (Å²) in [5.41, 5.74) is 1.25. The normalized spacial score (nSPS) is 10.2. The van der Waals surface area contributed by atoms with Crippen molar-refractivity contribution in [1.82, 2.24) is 10.3 Å². The molecule has 0 saturated carbocycles. The maximum absolute atomic E-state index is 12.0. The first-order valence-electron chi connectivity index (χ1n) is 6.97. The Balaban J connectivity index is 1.95. The van der Waals surface area contributed by atoms with Crippen LogP contribution in [0.15, 0.2) is 30.3 Å². The van der Waals surface area contributed by atoms with Crippen LogP contribution < -0.4 is 16.0 Å². The molecule has 0 fully saturated rings. The van der Waals surface area contributed by atoms with Gasteiger partial charge in [-0.1, -0.05) is 29.5 Å². The van der Waals surface area contributed by atoms with E-state index in [4.69, 9.17) is 4.74 Å². The molecule has 8 heteroatoms. The second-order valence-electron chi connectivity index (χ2n) is 4.63. The number of hydrogen-bond donors (Lipinski definition) is 3. The van der Waals surface area contributed by atoms with Crippen molar-refractivity contribution in [2.24, 2.45) is 0 Å². The van der Waals surface area contributed by atoms with Crippen LogP contribution >= 0.6 is 11.3 Å². The molecule has 2 aromatic rings. The number of nitrogens with zero attached hydrogens (tertiary/aromatic N) is 1. The third-order valence-electron chi connectivity index (χ3n) is 2.85. The van der Waals surface area contributed by atoms with Gasteiger partial charge in [0.1, 0.15) is 4.88 Å². The standard InChI is InChI=1S/C15H18N4O3S/c1-10-12(13(20)16-8-9-22-2)23-15(17-10)19-14(21)18-11-6-4-3-5-7-11/h3-7H,8-9H2,1-2H3,(H,16,20)(H2,17,18,19,21). The minimum Gasteiger partial charge on any atom is -0.383 e. The number of methoxy groups -OCH3 is 1. The summed E-state index contributed by atoms with van der Waals surface area (Å²) in [7, 11) is 1.57. The smallest absolute Gasteiger partial charge is 0.325 e. The van der Waals surface area contributed by atoms with Gasteiger partial charge in [0.25, 0.3) is 5.91 Å². The highest BCUT2D eigenvalue weighted by Crippen LogP contribution is 2.22. The molecule has 23 heavy (non-hydrogen) atoms. The molecular weight excluding hydrogens is 316 g/mol. The minimum atomic E-state index is -0.406. The summed E-state index contributed by atoms with van der Waals surface area (Å²) in [6.07, 6.45) is 0. The van der Waals surface area contributed by atoms with E-state index in [1.165, 1.54) is 0 Å². The van der Waals surface area contributed by atoms with Crippen LogP contribution in [0, 0.1) is 6.92 Å². The van der Waals surface area contributed by atoms with Crippen molar-refractivity contribution in [1.29, 1.82) is 0 Å². The van der Waals surface area contributed by atoms with E-state index in [0.29, 0.717) is 34.5 Å². The first-order valence-corrected chi connectivity index (χ1v) is 7.79. The van der Waals surface area contributed by atoms with Gasteiger partial charge in [-0.3, -0.25) is 10.1 Å². The van der Waals surface area contributed by atoms with Gasteiger partial charge < -0.3 is 15.4 Å². The molecule has 0 aliphatic heterocycles. The molecular formula is C15H18N4O3S. The number of carbonyl (C=O) groups is 2. The topological polar surface area (TPSA) is 92.4 Å². The molecule has 3 N–H and O–H groups in total. The second-order valence-corrected chi connectivity index (χ2v) is 5.63. The molecule has 2 rings (SSSR count). The molecule has 3 amide bonds. The number of aromatic nitrogens is 1. The maximum atomic E-state index is 12.0. The van der Waals surface area contributed by atoms with Crippen LogP contribution in [0.5, 0.6) is 0 Å². The summed E-state index contributed by atoms with van der Waals surface area (Å²) < 4.78 is 4.88. The highest BCUT2D eigenvalue weighted by Gasteiger charge is 2.16. The average Bonchev–Trinajstić information content (AvgIpc) is 2.88. The molecule has 0 saturated heterocycles. The Labute approximate surface area is 138 Å². The zero-order valence-electron chi connectivity index (χ0n) is 12.9. The van der Waals surface area contributed by atoms with Gasteiger partial charge in [-0.05, 0) is 19.1 Å². The zero-order valence-corrected chi connectivity index (χ0v) is 13.7. The van der Waals surface area contributed by atoms with Crippen molar-refractivity contribution in [3.8, 4) is 0 Å². The van der Waals surface area contributed by atoms with E-state index in [9.17, 15) is 9.59 Å². The number of nitrogens with one attached hydrogen (secondary N) is 3. The number of carbonyl (C=O) groups excluding carboxylic acids is 2. The van der Waals surface area contributed by atoms with E-state index in [0.717, 1.165) is 11.3 Å². The van der Waals surface area contributed by atoms with Crippen molar-refractivity contribution in [3.05, 3.63) is 40.9 Å². The van der Waals surface area contributed by atoms with Gasteiger partial charge in [-0.15, -0.1) is 0 Å². The van der Waals surface area contributed by atoms with Gasteiger partial charge in [-0.25, -0.2) is 9.78 Å². The highest BCUT2D eigenvalue weighted by molar-refractivity contribution is 7.17. The van der Waals surface area contributed by atoms with Gasteiger partial charge in [-0.2, -0.15) is 0 Å². The van der Waals surface area contributed by atoms with Crippen LogP contribution in [0.1, 0.15) is 15.4 Å². The Kier molecular flexibility index (Phi) is 6.07. The molecule has 0 aliphatic carbocycles. The largest absolute Gasteiger partial charge is 0.383 e. The van der Waals surface area contributed by atoms with Crippen LogP contribution in [0.4, 0.5) is 15.6 Å². The Morgan fingerprint density at radius 3 is 2.65 bits per heavy atom. The SMILES string of the molecule is COCCNC(=O)c1sc(NC(=O)Nc2ccccc2)nc1C. The van der Waals surface area contributed by atoms with E-state index in [1.807, 2.05) is 18.2 Å². The number of para-hydroxylation sites is 1. The summed E-state index contributed by atoms with van der Waals surface area (Å²) in [5, 5.41) is 8.41. The number of benzene rings is 1. The Bertz CT molecular complexity index is 673. The van der Waals surface area contributed by atoms with Crippen LogP contribution in [0.2, 0.25) is 0 Å². The fourth-order valence-electron chi connectivity index (χ4n) is 1.79. The summed E-state index contributed by atoms with van der Waals surface area (Å²) >= 11 is 1.13. The molecule has 0 spiro atoms. The van der Waals surface area contributed by atoms with Crippen molar-refractivity contribution in [3.63, 3.8) is 0 Å². The fraction of sp³-hybridized carbons (Fsp3) is 0.267. The quantitative estimate of drug-likeness (QED) is 0.708. The lowest BCUT2D eigenvalue weighted by atomic mass is 10.3. The van der Waals surface area contributed by atoms with E-state index in [1.54, 1.807) is 26.2 Å². The van der Waals surface area contributed by atoms with Crippen LogP contribution in [0.3, 0.4) is 0 Å². The highest BCUT2D eigenvalue weighted by atomic mass is 32.1. The lowest BCUT2D eigenvalue weighted by Crippen LogP contribution is -2.26. The zero-order chi connectivity index (χ0) is 16.7. The van der Waals surface area contributed by atoms with Gasteiger partial charge in [0.05, 0.1) is 12.3 Å². The number of anilines is 2. The number of urea groups is 1. The molecule has 0 unspecified atom stereocenters. The van der Waals surface area contributed by atoms with E-state index in [2.05, 4.69) is 20.9 Å². The number of thiazole rings is 1. The van der Waals surface area contributed by atoms with Crippen molar-refractivity contribution in [2.45, 2.75) is 6.92 Å². The average molecular weight is 334 g/mol. The third kappa shape index (κ3) is 5.04. The molecule has 1 heterocycles. The van der Waals surface area contributed by atoms with Crippen molar-refractivity contribution < 1.29 is 14.3 Å². The second kappa shape index (κ2) is 8.25. The summed E-state index contributed by atoms with van der Waals surface area (Å²) in [6, 6.07) is 8.66. The number of rotatable bonds is 6. The van der Waals surface area contributed by atoms with Gasteiger partial charge in [0, 0.05) is 19.3 Å². The molecule has 0 radical (unpaired) electrons. The van der Waals surface area contributed by atoms with E-state index >= 15 is 0 Å². The summed E-state index contributed by atoms with van der Waals surface area (Å²) in [5.74, 6) is -0.228. The predicted molar refractivity (Wildman–Crippen MR) is 90.1 cm³/mol. The number of amides is 3. The Hall–Kier alpha value is -2.45. The monoisotopic (exact) mass is 334 g/mol. The van der Waals surface area contributed by atoms with Gasteiger partial charge in [0.2, 0.25) is 0 Å². The van der Waals surface area contributed by atoms with Gasteiger partial charge >= 0.3 is 6.03 Å². The first-order chi connectivity index (χ1) is 11.1. The summed E-state index contributed by atoms with van der Waals surface area (Å²) in [4.78, 5) is 28.6. The fourth-order valence-corrected chi connectivity index (χ4v) is 2.67. The molecule has 0 bridgehead atoms. The van der Waals surface area contributed by atoms with Crippen molar-refractivity contribution >= 4 is 34.1 Å². The molecule has 7 nitrogen and oxygen atoms in total. The minimum absolute atomic E-state index is 0.228. The predicted octanol–water partition coefficient (Wildman–Crippen LogP) is 2.47. The molecule has 1 aromatic heterocycles. The number of ether oxygens (including phenoxy) is 1. The number of hydrogen-bond acceptors (Lipinski definition) is 5. The van der Waals surface area contributed by atoms with Gasteiger partial charge in [0.15, 0.2) is 5.13 Å². The van der Waals surface area contributed by atoms with Crippen LogP contribution in [-0.2, 0) is 4.74 Å².